The van der Waals surface area contributed by atoms with E-state index >= 15 is 0 Å². The van der Waals surface area contributed by atoms with Crippen molar-refractivity contribution in [3.8, 4) is 28.6 Å². The van der Waals surface area contributed by atoms with Gasteiger partial charge >= 0.3 is 10.2 Å². The number of hydrogen-bond donors (Lipinski definition) is 0. The number of morpholine rings is 1. The summed E-state index contributed by atoms with van der Waals surface area (Å²) in [7, 11) is -1.00. The minimum atomic E-state index is -4.10. The Bertz CT molecular complexity index is 1340. The first kappa shape index (κ1) is 23.5. The number of ether oxygens (including phenoxy) is 4. The fourth-order valence-electron chi connectivity index (χ4n) is 3.47. The molecule has 2 aromatic heterocycles. The maximum Gasteiger partial charge on any atom is 0.332 e. The molecule has 0 amide bonds. The van der Waals surface area contributed by atoms with E-state index in [1.54, 1.807) is 38.6 Å². The summed E-state index contributed by atoms with van der Waals surface area (Å²) in [4.78, 5) is 23.7. The van der Waals surface area contributed by atoms with Crippen LogP contribution < -0.4 is 14.2 Å². The minimum absolute atomic E-state index is 0.00904. The van der Waals surface area contributed by atoms with Crippen LogP contribution in [0.4, 0.5) is 0 Å². The normalized spacial score (nSPS) is 16.6. The molecule has 3 aromatic rings. The zero-order valence-corrected chi connectivity index (χ0v) is 19.2. The third-order valence-corrected chi connectivity index (χ3v) is 6.38. The lowest BCUT2D eigenvalue weighted by atomic mass is 10.1. The Balaban J connectivity index is 1.61. The first-order valence-corrected chi connectivity index (χ1v) is 11.5. The Hall–Kier alpha value is -3.64. The van der Waals surface area contributed by atoms with Crippen molar-refractivity contribution in [3.63, 3.8) is 0 Å². The number of nitrogens with zero attached hydrogens (tertiary/aromatic N) is 5. The van der Waals surface area contributed by atoms with E-state index in [-0.39, 0.29) is 32.2 Å². The fourth-order valence-corrected chi connectivity index (χ4v) is 4.34. The minimum Gasteiger partial charge on any atom is -0.493 e. The number of isocyanates is 1. The Kier molecular flexibility index (Phi) is 6.98. The molecule has 4 rings (SSSR count). The maximum atomic E-state index is 12.0. The summed E-state index contributed by atoms with van der Waals surface area (Å²) >= 11 is 0. The summed E-state index contributed by atoms with van der Waals surface area (Å²) in [5.74, 6) is 1.33. The second-order valence-electron chi connectivity index (χ2n) is 7.13. The van der Waals surface area contributed by atoms with E-state index < -0.39 is 16.3 Å². The van der Waals surface area contributed by atoms with Gasteiger partial charge in [0.1, 0.15) is 12.7 Å². The van der Waals surface area contributed by atoms with Crippen LogP contribution in [0.2, 0.25) is 0 Å². The molecule has 34 heavy (non-hydrogen) atoms. The van der Waals surface area contributed by atoms with Crippen molar-refractivity contribution in [2.24, 2.45) is 4.40 Å². The Morgan fingerprint density at radius 3 is 2.74 bits per heavy atom. The van der Waals surface area contributed by atoms with Crippen molar-refractivity contribution in [1.29, 1.82) is 0 Å². The molecule has 0 spiro atoms. The molecule has 1 atom stereocenters. The number of rotatable bonds is 8. The molecule has 1 saturated heterocycles. The van der Waals surface area contributed by atoms with Gasteiger partial charge in [-0.2, -0.15) is 12.7 Å². The van der Waals surface area contributed by atoms with Gasteiger partial charge < -0.3 is 18.9 Å². The molecule has 178 valence electrons. The highest BCUT2D eigenvalue weighted by atomic mass is 32.2. The number of methoxy groups -OCH3 is 2. The highest BCUT2D eigenvalue weighted by Crippen LogP contribution is 2.33. The summed E-state index contributed by atoms with van der Waals surface area (Å²) in [6, 6.07) is 7.16. The Morgan fingerprint density at radius 1 is 1.18 bits per heavy atom. The van der Waals surface area contributed by atoms with Crippen LogP contribution in [0.25, 0.3) is 22.3 Å². The SMILES string of the molecule is COc1ccc(-c2cc3nccnc3c(OC[C@@H]3CN(S(=O)(=O)N=C=O)CCO3)n2)cc1OC. The van der Waals surface area contributed by atoms with E-state index in [1.807, 2.05) is 6.07 Å². The zero-order valence-electron chi connectivity index (χ0n) is 18.4. The Morgan fingerprint density at radius 2 is 1.97 bits per heavy atom. The molecule has 0 unspecified atom stereocenters. The first-order chi connectivity index (χ1) is 16.4. The smallest absolute Gasteiger partial charge is 0.332 e. The molecular weight excluding hydrogens is 466 g/mol. The lowest BCUT2D eigenvalue weighted by Crippen LogP contribution is -2.46. The van der Waals surface area contributed by atoms with Crippen molar-refractivity contribution in [2.45, 2.75) is 6.10 Å². The third kappa shape index (κ3) is 4.97. The molecule has 0 radical (unpaired) electrons. The van der Waals surface area contributed by atoms with Crippen molar-refractivity contribution < 1.29 is 32.2 Å². The van der Waals surface area contributed by atoms with E-state index in [2.05, 4.69) is 19.3 Å². The molecular formula is C21H21N5O7S. The summed E-state index contributed by atoms with van der Waals surface area (Å²) in [5.41, 5.74) is 2.31. The zero-order chi connectivity index (χ0) is 24.1. The topological polar surface area (TPSA) is 142 Å². The molecule has 0 saturated carbocycles. The van der Waals surface area contributed by atoms with Gasteiger partial charge in [0, 0.05) is 31.0 Å². The van der Waals surface area contributed by atoms with Crippen molar-refractivity contribution in [2.75, 3.05) is 40.5 Å². The van der Waals surface area contributed by atoms with Gasteiger partial charge in [-0.3, -0.25) is 4.98 Å². The van der Waals surface area contributed by atoms with Gasteiger partial charge in [-0.25, -0.2) is 14.8 Å². The van der Waals surface area contributed by atoms with Crippen LogP contribution >= 0.6 is 0 Å². The van der Waals surface area contributed by atoms with Crippen molar-refractivity contribution >= 4 is 27.3 Å². The summed E-state index contributed by atoms with van der Waals surface area (Å²) < 4.78 is 50.2. The van der Waals surface area contributed by atoms with E-state index in [4.69, 9.17) is 18.9 Å². The van der Waals surface area contributed by atoms with Gasteiger partial charge in [-0.05, 0) is 24.3 Å². The highest BCUT2D eigenvalue weighted by molar-refractivity contribution is 7.87. The van der Waals surface area contributed by atoms with Gasteiger partial charge in [-0.15, -0.1) is 0 Å². The fraction of sp³-hybridized carbons (Fsp3) is 0.333. The largest absolute Gasteiger partial charge is 0.493 e. The van der Waals surface area contributed by atoms with Crippen molar-refractivity contribution in [1.82, 2.24) is 19.3 Å². The number of pyridine rings is 1. The molecule has 1 aromatic carbocycles. The van der Waals surface area contributed by atoms with Gasteiger partial charge in [0.05, 0.1) is 32.0 Å². The van der Waals surface area contributed by atoms with E-state index in [0.29, 0.717) is 28.2 Å². The van der Waals surface area contributed by atoms with Gasteiger partial charge in [0.2, 0.25) is 5.88 Å². The predicted octanol–water partition coefficient (Wildman–Crippen LogP) is 1.37. The summed E-state index contributed by atoms with van der Waals surface area (Å²) in [5, 5.41) is 0. The van der Waals surface area contributed by atoms with Crippen LogP contribution in [0, 0.1) is 0 Å². The number of aromatic nitrogens is 3. The van der Waals surface area contributed by atoms with E-state index in [9.17, 15) is 13.2 Å². The van der Waals surface area contributed by atoms with Gasteiger partial charge in [0.15, 0.2) is 17.0 Å². The summed E-state index contributed by atoms with van der Waals surface area (Å²) in [6.07, 6.45) is 3.54. The van der Waals surface area contributed by atoms with Crippen LogP contribution in [0.15, 0.2) is 41.1 Å². The summed E-state index contributed by atoms with van der Waals surface area (Å²) in [6.45, 7) is 0.157. The number of carbonyl (C=O) groups excluding carboxylic acids is 1. The second-order valence-corrected chi connectivity index (χ2v) is 8.72. The lowest BCUT2D eigenvalue weighted by Gasteiger charge is -2.30. The monoisotopic (exact) mass is 487 g/mol. The van der Waals surface area contributed by atoms with Crippen LogP contribution in [0.1, 0.15) is 0 Å². The predicted molar refractivity (Wildman–Crippen MR) is 120 cm³/mol. The lowest BCUT2D eigenvalue weighted by molar-refractivity contribution is -0.0254. The number of benzene rings is 1. The van der Waals surface area contributed by atoms with E-state index in [1.165, 1.54) is 6.20 Å². The van der Waals surface area contributed by atoms with Gasteiger partial charge in [-0.1, -0.05) is 4.40 Å². The highest BCUT2D eigenvalue weighted by Gasteiger charge is 2.30. The molecule has 1 fully saturated rings. The van der Waals surface area contributed by atoms with Gasteiger partial charge in [0.25, 0.3) is 6.08 Å². The molecule has 12 nitrogen and oxygen atoms in total. The number of fused-ring (bicyclic) bond motifs is 1. The quantitative estimate of drug-likeness (QED) is 0.338. The van der Waals surface area contributed by atoms with Crippen LogP contribution in [-0.2, 0) is 19.7 Å². The van der Waals surface area contributed by atoms with Crippen LogP contribution in [0.3, 0.4) is 0 Å². The molecule has 0 aliphatic carbocycles. The molecule has 0 bridgehead atoms. The van der Waals surface area contributed by atoms with E-state index in [0.717, 1.165) is 15.9 Å². The standard InChI is InChI=1S/C21H21N5O7S/c1-30-18-4-3-14(9-19(18)31-2)16-10-17-20(23-6-5-22-17)21(25-16)33-12-15-11-26(7-8-32-15)34(28,29)24-13-27/h3-6,9-10,15H,7-8,11-12H2,1-2H3/t15-/m0/s1. The first-order valence-electron chi connectivity index (χ1n) is 10.1. The van der Waals surface area contributed by atoms with Crippen LogP contribution in [-0.4, -0.2) is 80.4 Å². The number of hydrogen-bond acceptors (Lipinski definition) is 10. The third-order valence-electron chi connectivity index (χ3n) is 5.09. The molecule has 1 aliphatic heterocycles. The molecule has 3 heterocycles. The van der Waals surface area contributed by atoms with Crippen LogP contribution in [0.5, 0.6) is 17.4 Å². The van der Waals surface area contributed by atoms with Crippen molar-refractivity contribution in [3.05, 3.63) is 36.7 Å². The maximum absolute atomic E-state index is 12.0. The second kappa shape index (κ2) is 10.1. The molecule has 1 aliphatic rings. The average Bonchev–Trinajstić information content (AvgIpc) is 2.86. The molecule has 0 N–H and O–H groups in total. The Labute approximate surface area is 195 Å². The average molecular weight is 487 g/mol. The molecule has 13 heteroatoms.